The Morgan fingerprint density at radius 1 is 1.25 bits per heavy atom. The van der Waals surface area contributed by atoms with E-state index in [1.165, 1.54) is 34.1 Å². The molecule has 3 nitrogen and oxygen atoms in total. The number of H-pyrrole nitrogens is 1. The maximum Gasteiger partial charge on any atom is 0.0460 e. The third kappa shape index (κ3) is 3.59. The predicted octanol–water partition coefficient (Wildman–Crippen LogP) is 4.63. The summed E-state index contributed by atoms with van der Waals surface area (Å²) in [7, 11) is 0. The molecule has 126 valence electrons. The Balaban J connectivity index is 0.00000169. The van der Waals surface area contributed by atoms with Crippen LogP contribution in [0.5, 0.6) is 0 Å². The standard InChI is InChI=1S/C19H20ClN3.ClH/c20-15-5-6-18-16(11-15)17-13-23(10-7-19(17)22-18)9-2-4-14-3-1-8-21-12-14;/h1,3,5-6,8,11-12,22H,2,4,7,9-10,13H2;1H. The molecule has 0 radical (unpaired) electrons. The molecule has 3 aromatic rings. The maximum absolute atomic E-state index is 6.17. The first-order valence-electron chi connectivity index (χ1n) is 8.20. The van der Waals surface area contributed by atoms with Crippen LogP contribution in [0, 0.1) is 0 Å². The van der Waals surface area contributed by atoms with E-state index in [-0.39, 0.29) is 12.4 Å². The number of rotatable bonds is 4. The summed E-state index contributed by atoms with van der Waals surface area (Å²) in [4.78, 5) is 10.3. The van der Waals surface area contributed by atoms with Crippen LogP contribution in [0.4, 0.5) is 0 Å². The first-order chi connectivity index (χ1) is 11.3. The monoisotopic (exact) mass is 361 g/mol. The van der Waals surface area contributed by atoms with Gasteiger partial charge in [0.05, 0.1) is 0 Å². The van der Waals surface area contributed by atoms with Crippen molar-refractivity contribution in [2.75, 3.05) is 13.1 Å². The molecule has 0 bridgehead atoms. The van der Waals surface area contributed by atoms with Gasteiger partial charge in [0.15, 0.2) is 0 Å². The van der Waals surface area contributed by atoms with Gasteiger partial charge in [0, 0.05) is 53.5 Å². The van der Waals surface area contributed by atoms with Crippen LogP contribution in [0.15, 0.2) is 42.7 Å². The minimum Gasteiger partial charge on any atom is -0.358 e. The molecular weight excluding hydrogens is 341 g/mol. The fraction of sp³-hybridized carbons (Fsp3) is 0.316. The molecule has 4 rings (SSSR count). The number of nitrogens with one attached hydrogen (secondary N) is 1. The lowest BCUT2D eigenvalue weighted by Crippen LogP contribution is -2.31. The Kier molecular flexibility index (Phi) is 5.44. The van der Waals surface area contributed by atoms with Crippen molar-refractivity contribution in [2.45, 2.75) is 25.8 Å². The minimum atomic E-state index is 0. The van der Waals surface area contributed by atoms with E-state index in [4.69, 9.17) is 11.6 Å². The van der Waals surface area contributed by atoms with Gasteiger partial charge in [0.2, 0.25) is 0 Å². The second kappa shape index (κ2) is 7.56. The Morgan fingerprint density at radius 3 is 3.00 bits per heavy atom. The van der Waals surface area contributed by atoms with Crippen molar-refractivity contribution in [3.05, 3.63) is 64.6 Å². The molecule has 0 fully saturated rings. The zero-order chi connectivity index (χ0) is 15.6. The van der Waals surface area contributed by atoms with Gasteiger partial charge in [-0.25, -0.2) is 0 Å². The van der Waals surface area contributed by atoms with Crippen molar-refractivity contribution < 1.29 is 0 Å². The highest BCUT2D eigenvalue weighted by atomic mass is 35.5. The Labute approximate surface area is 153 Å². The molecule has 1 aliphatic heterocycles. The molecule has 0 atom stereocenters. The number of fused-ring (bicyclic) bond motifs is 3. The molecule has 24 heavy (non-hydrogen) atoms. The molecule has 0 amide bonds. The first kappa shape index (κ1) is 17.3. The van der Waals surface area contributed by atoms with Crippen molar-refractivity contribution in [1.82, 2.24) is 14.9 Å². The van der Waals surface area contributed by atoms with E-state index in [0.29, 0.717) is 0 Å². The third-order valence-corrected chi connectivity index (χ3v) is 4.91. The van der Waals surface area contributed by atoms with Gasteiger partial charge in [-0.05, 0) is 54.8 Å². The van der Waals surface area contributed by atoms with Crippen molar-refractivity contribution in [1.29, 1.82) is 0 Å². The second-order valence-electron chi connectivity index (χ2n) is 6.26. The van der Waals surface area contributed by atoms with Crippen LogP contribution < -0.4 is 0 Å². The van der Waals surface area contributed by atoms with E-state index >= 15 is 0 Å². The Bertz CT molecular complexity index is 814. The number of pyridine rings is 1. The van der Waals surface area contributed by atoms with Crippen LogP contribution in [0.1, 0.15) is 23.2 Å². The van der Waals surface area contributed by atoms with Crippen LogP contribution in [-0.4, -0.2) is 28.0 Å². The zero-order valence-corrected chi connectivity index (χ0v) is 15.0. The number of aromatic nitrogens is 2. The molecule has 0 unspecified atom stereocenters. The largest absolute Gasteiger partial charge is 0.358 e. The van der Waals surface area contributed by atoms with Gasteiger partial charge in [-0.2, -0.15) is 0 Å². The van der Waals surface area contributed by atoms with Crippen molar-refractivity contribution in [2.24, 2.45) is 0 Å². The lowest BCUT2D eigenvalue weighted by Gasteiger charge is -2.27. The molecule has 0 aliphatic carbocycles. The molecule has 2 aromatic heterocycles. The van der Waals surface area contributed by atoms with E-state index in [1.807, 2.05) is 24.5 Å². The number of hydrogen-bond acceptors (Lipinski definition) is 2. The van der Waals surface area contributed by atoms with Gasteiger partial charge in [0.25, 0.3) is 0 Å². The summed E-state index contributed by atoms with van der Waals surface area (Å²) >= 11 is 6.17. The molecule has 0 saturated carbocycles. The van der Waals surface area contributed by atoms with Crippen molar-refractivity contribution in [3.63, 3.8) is 0 Å². The molecule has 1 aromatic carbocycles. The van der Waals surface area contributed by atoms with E-state index < -0.39 is 0 Å². The average molecular weight is 362 g/mol. The van der Waals surface area contributed by atoms with E-state index in [1.54, 1.807) is 0 Å². The topological polar surface area (TPSA) is 31.9 Å². The smallest absolute Gasteiger partial charge is 0.0460 e. The summed E-state index contributed by atoms with van der Waals surface area (Å²) in [6.45, 7) is 3.27. The zero-order valence-electron chi connectivity index (χ0n) is 13.5. The Morgan fingerprint density at radius 2 is 2.17 bits per heavy atom. The molecule has 1 aliphatic rings. The third-order valence-electron chi connectivity index (χ3n) is 4.68. The summed E-state index contributed by atoms with van der Waals surface area (Å²) in [5.41, 5.74) is 5.33. The quantitative estimate of drug-likeness (QED) is 0.734. The Hall–Kier alpha value is -1.55. The molecule has 1 N–H and O–H groups in total. The summed E-state index contributed by atoms with van der Waals surface area (Å²) < 4.78 is 0. The molecule has 3 heterocycles. The van der Waals surface area contributed by atoms with Gasteiger partial charge >= 0.3 is 0 Å². The highest BCUT2D eigenvalue weighted by Gasteiger charge is 2.20. The fourth-order valence-electron chi connectivity index (χ4n) is 3.49. The van der Waals surface area contributed by atoms with Crippen LogP contribution >= 0.6 is 24.0 Å². The summed E-state index contributed by atoms with van der Waals surface area (Å²) in [6.07, 6.45) is 7.16. The number of aryl methyl sites for hydroxylation is 1. The second-order valence-corrected chi connectivity index (χ2v) is 6.70. The number of nitrogens with zero attached hydrogens (tertiary/aromatic N) is 2. The maximum atomic E-state index is 6.17. The van der Waals surface area contributed by atoms with Gasteiger partial charge < -0.3 is 4.98 Å². The lowest BCUT2D eigenvalue weighted by molar-refractivity contribution is 0.251. The van der Waals surface area contributed by atoms with Crippen molar-refractivity contribution >= 4 is 34.9 Å². The van der Waals surface area contributed by atoms with Crippen LogP contribution in [0.3, 0.4) is 0 Å². The summed E-state index contributed by atoms with van der Waals surface area (Å²) in [6, 6.07) is 10.3. The van der Waals surface area contributed by atoms with E-state index in [9.17, 15) is 0 Å². The van der Waals surface area contributed by atoms with E-state index in [2.05, 4.69) is 33.1 Å². The molecule has 0 spiro atoms. The lowest BCUT2D eigenvalue weighted by atomic mass is 10.0. The SMILES string of the molecule is Cl.Clc1ccc2[nH]c3c(c2c1)CN(CCCc1cccnc1)CC3. The van der Waals surface area contributed by atoms with Gasteiger partial charge in [-0.1, -0.05) is 17.7 Å². The average Bonchev–Trinajstić information content (AvgIpc) is 2.93. The molecule has 5 heteroatoms. The van der Waals surface area contributed by atoms with Crippen LogP contribution in [-0.2, 0) is 19.4 Å². The highest BCUT2D eigenvalue weighted by Crippen LogP contribution is 2.29. The highest BCUT2D eigenvalue weighted by molar-refractivity contribution is 6.31. The van der Waals surface area contributed by atoms with Gasteiger partial charge in [-0.3, -0.25) is 9.88 Å². The number of aromatic amines is 1. The summed E-state index contributed by atoms with van der Waals surface area (Å²) in [5, 5.41) is 2.09. The number of hydrogen-bond donors (Lipinski definition) is 1. The number of benzene rings is 1. The van der Waals surface area contributed by atoms with Gasteiger partial charge in [-0.15, -0.1) is 12.4 Å². The predicted molar refractivity (Wildman–Crippen MR) is 102 cm³/mol. The minimum absolute atomic E-state index is 0. The fourth-order valence-corrected chi connectivity index (χ4v) is 3.66. The summed E-state index contributed by atoms with van der Waals surface area (Å²) in [5.74, 6) is 0. The molecule has 0 saturated heterocycles. The van der Waals surface area contributed by atoms with Crippen LogP contribution in [0.25, 0.3) is 10.9 Å². The van der Waals surface area contributed by atoms with Gasteiger partial charge in [0.1, 0.15) is 0 Å². The van der Waals surface area contributed by atoms with Crippen molar-refractivity contribution in [3.8, 4) is 0 Å². The molecular formula is C19H21Cl2N3. The van der Waals surface area contributed by atoms with E-state index in [0.717, 1.165) is 37.5 Å². The normalized spacial score (nSPS) is 14.4. The first-order valence-corrected chi connectivity index (χ1v) is 8.57. The number of halogens is 2. The van der Waals surface area contributed by atoms with Crippen LogP contribution in [0.2, 0.25) is 5.02 Å².